The minimum atomic E-state index is -0.00438. The van der Waals surface area contributed by atoms with Gasteiger partial charge in [-0.25, -0.2) is 0 Å². The van der Waals surface area contributed by atoms with Crippen molar-refractivity contribution in [3.63, 3.8) is 0 Å². The maximum atomic E-state index is 11.7. The molecule has 0 radical (unpaired) electrons. The van der Waals surface area contributed by atoms with E-state index in [0.717, 1.165) is 24.1 Å². The highest BCUT2D eigenvalue weighted by atomic mass is 35.5. The largest absolute Gasteiger partial charge is 0.375 e. The molecule has 0 saturated heterocycles. The van der Waals surface area contributed by atoms with Crippen LogP contribution in [0.3, 0.4) is 0 Å². The van der Waals surface area contributed by atoms with E-state index in [4.69, 9.17) is 11.6 Å². The third-order valence-corrected chi connectivity index (χ3v) is 3.09. The number of anilines is 1. The van der Waals surface area contributed by atoms with Crippen LogP contribution < -0.4 is 10.6 Å². The Labute approximate surface area is 114 Å². The molecule has 1 amide bonds. The van der Waals surface area contributed by atoms with Crippen LogP contribution in [0.1, 0.15) is 32.3 Å². The molecule has 0 aromatic heterocycles. The van der Waals surface area contributed by atoms with Crippen LogP contribution in [0.15, 0.2) is 18.2 Å². The summed E-state index contributed by atoms with van der Waals surface area (Å²) in [6.45, 7) is 6.33. The highest BCUT2D eigenvalue weighted by Gasteiger charge is 2.08. The van der Waals surface area contributed by atoms with Crippen LogP contribution in [0.4, 0.5) is 5.69 Å². The quantitative estimate of drug-likeness (QED) is 0.831. The molecular formula is C14H21ClN2O. The molecule has 18 heavy (non-hydrogen) atoms. The number of amides is 1. The van der Waals surface area contributed by atoms with Gasteiger partial charge in [0, 0.05) is 6.04 Å². The first-order valence-electron chi connectivity index (χ1n) is 6.33. The van der Waals surface area contributed by atoms with Crippen molar-refractivity contribution < 1.29 is 4.79 Å². The van der Waals surface area contributed by atoms with Crippen LogP contribution in [-0.2, 0) is 4.79 Å². The van der Waals surface area contributed by atoms with Crippen molar-refractivity contribution in [2.75, 3.05) is 11.9 Å². The number of hydrogen-bond acceptors (Lipinski definition) is 2. The molecule has 0 bridgehead atoms. The minimum Gasteiger partial charge on any atom is -0.375 e. The summed E-state index contributed by atoms with van der Waals surface area (Å²) in [5.41, 5.74) is 1.87. The third-order valence-electron chi connectivity index (χ3n) is 2.78. The van der Waals surface area contributed by atoms with Gasteiger partial charge >= 0.3 is 0 Å². The van der Waals surface area contributed by atoms with Crippen LogP contribution in [0, 0.1) is 6.92 Å². The fraction of sp³-hybridized carbons (Fsp3) is 0.500. The van der Waals surface area contributed by atoms with Gasteiger partial charge in [-0.15, -0.1) is 0 Å². The van der Waals surface area contributed by atoms with Gasteiger partial charge in [0.15, 0.2) is 0 Å². The Morgan fingerprint density at radius 2 is 2.17 bits per heavy atom. The number of halogens is 1. The van der Waals surface area contributed by atoms with Crippen LogP contribution in [0.2, 0.25) is 5.02 Å². The highest BCUT2D eigenvalue weighted by Crippen LogP contribution is 2.24. The zero-order chi connectivity index (χ0) is 13.5. The predicted octanol–water partition coefficient (Wildman–Crippen LogP) is 3.37. The summed E-state index contributed by atoms with van der Waals surface area (Å²) >= 11 is 6.07. The van der Waals surface area contributed by atoms with Gasteiger partial charge in [0.05, 0.1) is 17.3 Å². The monoisotopic (exact) mass is 268 g/mol. The second-order valence-electron chi connectivity index (χ2n) is 4.54. The lowest BCUT2D eigenvalue weighted by Crippen LogP contribution is -2.36. The molecule has 3 nitrogen and oxygen atoms in total. The highest BCUT2D eigenvalue weighted by molar-refractivity contribution is 6.33. The average molecular weight is 269 g/mol. The van der Waals surface area contributed by atoms with Crippen molar-refractivity contribution in [2.24, 2.45) is 0 Å². The number of carbonyl (C=O) groups excluding carboxylic acids is 1. The zero-order valence-corrected chi connectivity index (χ0v) is 12.0. The number of hydrogen-bond donors (Lipinski definition) is 2. The molecular weight excluding hydrogens is 248 g/mol. The lowest BCUT2D eigenvalue weighted by atomic mass is 10.2. The van der Waals surface area contributed by atoms with Crippen molar-refractivity contribution in [3.05, 3.63) is 28.8 Å². The summed E-state index contributed by atoms with van der Waals surface area (Å²) in [7, 11) is 0. The fourth-order valence-corrected chi connectivity index (χ4v) is 2.14. The third kappa shape index (κ3) is 4.57. The number of para-hydroxylation sites is 1. The summed E-state index contributed by atoms with van der Waals surface area (Å²) in [5, 5.41) is 6.67. The maximum absolute atomic E-state index is 11.7. The fourth-order valence-electron chi connectivity index (χ4n) is 1.86. The molecule has 1 unspecified atom stereocenters. The molecule has 0 heterocycles. The first-order chi connectivity index (χ1) is 8.54. The normalized spacial score (nSPS) is 12.0. The van der Waals surface area contributed by atoms with Crippen LogP contribution >= 0.6 is 11.6 Å². The molecule has 1 aromatic carbocycles. The minimum absolute atomic E-state index is 0.00438. The van der Waals surface area contributed by atoms with Gasteiger partial charge in [-0.05, 0) is 31.9 Å². The smallest absolute Gasteiger partial charge is 0.239 e. The molecule has 0 spiro atoms. The van der Waals surface area contributed by atoms with E-state index in [-0.39, 0.29) is 18.5 Å². The van der Waals surface area contributed by atoms with Crippen molar-refractivity contribution in [2.45, 2.75) is 39.7 Å². The van der Waals surface area contributed by atoms with E-state index < -0.39 is 0 Å². The molecule has 0 saturated carbocycles. The topological polar surface area (TPSA) is 41.1 Å². The van der Waals surface area contributed by atoms with Gasteiger partial charge in [0.25, 0.3) is 0 Å². The Hall–Kier alpha value is -1.22. The first-order valence-corrected chi connectivity index (χ1v) is 6.70. The Morgan fingerprint density at radius 1 is 1.44 bits per heavy atom. The van der Waals surface area contributed by atoms with Crippen LogP contribution in [-0.4, -0.2) is 18.5 Å². The van der Waals surface area contributed by atoms with Crippen LogP contribution in [0.5, 0.6) is 0 Å². The Kier molecular flexibility index (Phi) is 5.99. The standard InChI is InChI=1S/C14H21ClN2O/c1-4-6-11(3)17-13(18)9-16-14-10(2)7-5-8-12(14)15/h5,7-8,11,16H,4,6,9H2,1-3H3,(H,17,18). The van der Waals surface area contributed by atoms with E-state index in [9.17, 15) is 4.79 Å². The second-order valence-corrected chi connectivity index (χ2v) is 4.95. The van der Waals surface area contributed by atoms with Gasteiger partial charge in [0.2, 0.25) is 5.91 Å². The van der Waals surface area contributed by atoms with E-state index in [1.54, 1.807) is 0 Å². The molecule has 1 aromatic rings. The predicted molar refractivity (Wildman–Crippen MR) is 77.2 cm³/mol. The molecule has 2 N–H and O–H groups in total. The van der Waals surface area contributed by atoms with E-state index in [2.05, 4.69) is 17.6 Å². The molecule has 0 aliphatic rings. The Bertz CT molecular complexity index is 387. The Balaban J connectivity index is 2.48. The van der Waals surface area contributed by atoms with Crippen LogP contribution in [0.25, 0.3) is 0 Å². The van der Waals surface area contributed by atoms with Crippen molar-refractivity contribution in [1.29, 1.82) is 0 Å². The molecule has 4 heteroatoms. The van der Waals surface area contributed by atoms with Gasteiger partial charge in [0.1, 0.15) is 0 Å². The van der Waals surface area contributed by atoms with E-state index in [0.29, 0.717) is 5.02 Å². The summed E-state index contributed by atoms with van der Waals surface area (Å²) < 4.78 is 0. The molecule has 0 aliphatic heterocycles. The zero-order valence-electron chi connectivity index (χ0n) is 11.2. The number of aryl methyl sites for hydroxylation is 1. The number of benzene rings is 1. The molecule has 100 valence electrons. The van der Waals surface area contributed by atoms with Gasteiger partial charge in [-0.1, -0.05) is 37.1 Å². The summed E-state index contributed by atoms with van der Waals surface area (Å²) in [4.78, 5) is 11.7. The Morgan fingerprint density at radius 3 is 2.78 bits per heavy atom. The number of rotatable bonds is 6. The van der Waals surface area contributed by atoms with Gasteiger partial charge < -0.3 is 10.6 Å². The summed E-state index contributed by atoms with van der Waals surface area (Å²) in [6.07, 6.45) is 2.06. The lowest BCUT2D eigenvalue weighted by Gasteiger charge is -2.15. The van der Waals surface area contributed by atoms with Gasteiger partial charge in [-0.2, -0.15) is 0 Å². The van der Waals surface area contributed by atoms with E-state index in [1.807, 2.05) is 32.0 Å². The SMILES string of the molecule is CCCC(C)NC(=O)CNc1c(C)cccc1Cl. The lowest BCUT2D eigenvalue weighted by molar-refractivity contribution is -0.120. The van der Waals surface area contributed by atoms with Crippen molar-refractivity contribution in [1.82, 2.24) is 5.32 Å². The van der Waals surface area contributed by atoms with E-state index in [1.165, 1.54) is 0 Å². The molecule has 1 atom stereocenters. The van der Waals surface area contributed by atoms with E-state index >= 15 is 0 Å². The maximum Gasteiger partial charge on any atom is 0.239 e. The van der Waals surface area contributed by atoms with Crippen molar-refractivity contribution in [3.8, 4) is 0 Å². The molecule has 0 fully saturated rings. The first kappa shape index (κ1) is 14.8. The average Bonchev–Trinajstić information content (AvgIpc) is 2.28. The summed E-state index contributed by atoms with van der Waals surface area (Å²) in [6, 6.07) is 5.89. The van der Waals surface area contributed by atoms with Crippen molar-refractivity contribution >= 4 is 23.2 Å². The second kappa shape index (κ2) is 7.27. The van der Waals surface area contributed by atoms with Gasteiger partial charge in [-0.3, -0.25) is 4.79 Å². The molecule has 0 aliphatic carbocycles. The summed E-state index contributed by atoms with van der Waals surface area (Å²) in [5.74, 6) is -0.00438. The number of carbonyl (C=O) groups is 1. The molecule has 1 rings (SSSR count). The number of nitrogens with one attached hydrogen (secondary N) is 2.